The molecule has 3 atom stereocenters. The Morgan fingerprint density at radius 3 is 2.50 bits per heavy atom. The Morgan fingerprint density at radius 1 is 1.39 bits per heavy atom. The molecule has 0 fully saturated rings. The monoisotopic (exact) mass is 251 g/mol. The molecular formula is C14H25N3O. The van der Waals surface area contributed by atoms with Gasteiger partial charge in [0.25, 0.3) is 0 Å². The van der Waals surface area contributed by atoms with Crippen LogP contribution in [0.25, 0.3) is 0 Å². The maximum atomic E-state index is 6.28. The van der Waals surface area contributed by atoms with Crippen LogP contribution in [0.4, 0.5) is 0 Å². The van der Waals surface area contributed by atoms with Crippen molar-refractivity contribution in [3.05, 3.63) is 30.1 Å². The summed E-state index contributed by atoms with van der Waals surface area (Å²) >= 11 is 0. The summed E-state index contributed by atoms with van der Waals surface area (Å²) in [6, 6.07) is 4.71. The van der Waals surface area contributed by atoms with Crippen LogP contribution >= 0.6 is 0 Å². The molecule has 0 aromatic carbocycles. The van der Waals surface area contributed by atoms with E-state index >= 15 is 0 Å². The van der Waals surface area contributed by atoms with Gasteiger partial charge in [0.15, 0.2) is 0 Å². The zero-order valence-electron chi connectivity index (χ0n) is 11.8. The summed E-state index contributed by atoms with van der Waals surface area (Å²) in [5, 5.41) is 0. The van der Waals surface area contributed by atoms with Gasteiger partial charge in [0.2, 0.25) is 0 Å². The number of likely N-dealkylation sites (N-methyl/N-ethyl adjacent to an activating group) is 1. The topological polar surface area (TPSA) is 51.4 Å². The largest absolute Gasteiger partial charge is 0.383 e. The maximum Gasteiger partial charge on any atom is 0.0615 e. The van der Waals surface area contributed by atoms with Crippen molar-refractivity contribution in [2.45, 2.75) is 38.4 Å². The Bertz CT molecular complexity index is 331. The van der Waals surface area contributed by atoms with E-state index in [4.69, 9.17) is 10.5 Å². The molecule has 0 saturated heterocycles. The van der Waals surface area contributed by atoms with Gasteiger partial charge in [0.05, 0.1) is 12.6 Å². The van der Waals surface area contributed by atoms with E-state index in [-0.39, 0.29) is 12.1 Å². The van der Waals surface area contributed by atoms with Gasteiger partial charge in [0, 0.05) is 31.6 Å². The van der Waals surface area contributed by atoms with Crippen molar-refractivity contribution in [3.63, 3.8) is 0 Å². The molecule has 0 aliphatic rings. The summed E-state index contributed by atoms with van der Waals surface area (Å²) in [7, 11) is 3.83. The lowest BCUT2D eigenvalue weighted by molar-refractivity contribution is 0.0793. The van der Waals surface area contributed by atoms with Crippen LogP contribution in [0.2, 0.25) is 0 Å². The van der Waals surface area contributed by atoms with Gasteiger partial charge < -0.3 is 10.5 Å². The molecule has 1 aromatic rings. The molecule has 1 rings (SSSR count). The first-order chi connectivity index (χ1) is 8.61. The zero-order chi connectivity index (χ0) is 13.5. The minimum Gasteiger partial charge on any atom is -0.383 e. The second-order valence-electron chi connectivity index (χ2n) is 4.77. The second kappa shape index (κ2) is 7.46. The molecular weight excluding hydrogens is 226 g/mol. The first kappa shape index (κ1) is 15.1. The van der Waals surface area contributed by atoms with Gasteiger partial charge in [-0.1, -0.05) is 6.92 Å². The van der Waals surface area contributed by atoms with E-state index in [1.54, 1.807) is 7.11 Å². The Morgan fingerprint density at radius 2 is 2.00 bits per heavy atom. The van der Waals surface area contributed by atoms with Gasteiger partial charge in [-0.25, -0.2) is 0 Å². The Labute approximate surface area is 110 Å². The van der Waals surface area contributed by atoms with Crippen LogP contribution in [0, 0.1) is 0 Å². The lowest BCUT2D eigenvalue weighted by Crippen LogP contribution is -2.44. The van der Waals surface area contributed by atoms with E-state index in [1.165, 1.54) is 5.56 Å². The molecule has 0 radical (unpaired) electrons. The number of ether oxygens (including phenoxy) is 1. The quantitative estimate of drug-likeness (QED) is 0.803. The minimum absolute atomic E-state index is 0.108. The number of hydrogen-bond acceptors (Lipinski definition) is 4. The van der Waals surface area contributed by atoms with Crippen molar-refractivity contribution < 1.29 is 4.74 Å². The lowest BCUT2D eigenvalue weighted by atomic mass is 9.96. The van der Waals surface area contributed by atoms with Gasteiger partial charge in [-0.3, -0.25) is 9.88 Å². The molecule has 102 valence electrons. The number of hydrogen-bond donors (Lipinski definition) is 1. The van der Waals surface area contributed by atoms with Gasteiger partial charge >= 0.3 is 0 Å². The van der Waals surface area contributed by atoms with Gasteiger partial charge in [0.1, 0.15) is 0 Å². The standard InChI is InChI=1S/C14H25N3O/c1-5-13(15)14(12-6-8-16-9-7-12)17(3)11(2)10-18-4/h6-9,11,13-14H,5,10,15H2,1-4H3. The highest BCUT2D eigenvalue weighted by atomic mass is 16.5. The fourth-order valence-electron chi connectivity index (χ4n) is 2.20. The number of nitrogens with two attached hydrogens (primary N) is 1. The number of pyridine rings is 1. The van der Waals surface area contributed by atoms with Gasteiger partial charge in [-0.2, -0.15) is 0 Å². The summed E-state index contributed by atoms with van der Waals surface area (Å²) in [4.78, 5) is 6.35. The van der Waals surface area contributed by atoms with Crippen LogP contribution in [-0.4, -0.2) is 42.7 Å². The summed E-state index contributed by atoms with van der Waals surface area (Å²) in [5.74, 6) is 0. The predicted octanol–water partition coefficient (Wildman–Crippen LogP) is 1.83. The zero-order valence-corrected chi connectivity index (χ0v) is 11.8. The molecule has 18 heavy (non-hydrogen) atoms. The molecule has 1 heterocycles. The predicted molar refractivity (Wildman–Crippen MR) is 74.3 cm³/mol. The van der Waals surface area contributed by atoms with Gasteiger partial charge in [-0.05, 0) is 38.1 Å². The highest BCUT2D eigenvalue weighted by molar-refractivity contribution is 5.17. The third-order valence-corrected chi connectivity index (χ3v) is 3.47. The Balaban J connectivity index is 2.92. The molecule has 3 unspecified atom stereocenters. The van der Waals surface area contributed by atoms with Crippen LogP contribution in [0.15, 0.2) is 24.5 Å². The molecule has 0 spiro atoms. The fraction of sp³-hybridized carbons (Fsp3) is 0.643. The average molecular weight is 251 g/mol. The first-order valence-corrected chi connectivity index (χ1v) is 6.48. The minimum atomic E-state index is 0.108. The fourth-order valence-corrected chi connectivity index (χ4v) is 2.20. The summed E-state index contributed by atoms with van der Waals surface area (Å²) < 4.78 is 5.23. The van der Waals surface area contributed by atoms with E-state index < -0.39 is 0 Å². The van der Waals surface area contributed by atoms with Crippen LogP contribution in [-0.2, 0) is 4.74 Å². The van der Waals surface area contributed by atoms with E-state index in [9.17, 15) is 0 Å². The molecule has 0 bridgehead atoms. The molecule has 4 heteroatoms. The molecule has 1 aromatic heterocycles. The molecule has 0 saturated carbocycles. The molecule has 0 amide bonds. The van der Waals surface area contributed by atoms with Crippen molar-refractivity contribution in [3.8, 4) is 0 Å². The van der Waals surface area contributed by atoms with Crippen molar-refractivity contribution >= 4 is 0 Å². The van der Waals surface area contributed by atoms with Crippen LogP contribution in [0.3, 0.4) is 0 Å². The van der Waals surface area contributed by atoms with Crippen molar-refractivity contribution in [2.75, 3.05) is 20.8 Å². The number of aromatic nitrogens is 1. The van der Waals surface area contributed by atoms with E-state index in [2.05, 4.69) is 30.8 Å². The smallest absolute Gasteiger partial charge is 0.0615 e. The number of rotatable bonds is 7. The highest BCUT2D eigenvalue weighted by Gasteiger charge is 2.26. The maximum absolute atomic E-state index is 6.28. The third kappa shape index (κ3) is 3.77. The molecule has 0 aliphatic heterocycles. The third-order valence-electron chi connectivity index (χ3n) is 3.47. The lowest BCUT2D eigenvalue weighted by Gasteiger charge is -2.36. The summed E-state index contributed by atoms with van der Waals surface area (Å²) in [6.07, 6.45) is 4.58. The van der Waals surface area contributed by atoms with Crippen LogP contribution < -0.4 is 5.73 Å². The Kier molecular flexibility index (Phi) is 6.25. The summed E-state index contributed by atoms with van der Waals surface area (Å²) in [6.45, 7) is 4.97. The van der Waals surface area contributed by atoms with Crippen molar-refractivity contribution in [1.29, 1.82) is 0 Å². The normalized spacial score (nSPS) is 16.6. The van der Waals surface area contributed by atoms with E-state index in [0.717, 1.165) is 6.42 Å². The Hall–Kier alpha value is -0.970. The van der Waals surface area contributed by atoms with Gasteiger partial charge in [-0.15, -0.1) is 0 Å². The average Bonchev–Trinajstić information content (AvgIpc) is 2.40. The number of nitrogens with zero attached hydrogens (tertiary/aromatic N) is 2. The number of methoxy groups -OCH3 is 1. The van der Waals surface area contributed by atoms with E-state index in [1.807, 2.05) is 24.5 Å². The highest BCUT2D eigenvalue weighted by Crippen LogP contribution is 2.25. The van der Waals surface area contributed by atoms with E-state index in [0.29, 0.717) is 12.6 Å². The first-order valence-electron chi connectivity index (χ1n) is 6.48. The SMILES string of the molecule is CCC(N)C(c1ccncc1)N(C)C(C)COC. The summed E-state index contributed by atoms with van der Waals surface area (Å²) in [5.41, 5.74) is 7.49. The van der Waals surface area contributed by atoms with Crippen molar-refractivity contribution in [2.24, 2.45) is 5.73 Å². The molecule has 4 nitrogen and oxygen atoms in total. The van der Waals surface area contributed by atoms with Crippen molar-refractivity contribution in [1.82, 2.24) is 9.88 Å². The molecule has 2 N–H and O–H groups in total. The van der Waals surface area contributed by atoms with Crippen LogP contribution in [0.1, 0.15) is 31.9 Å². The molecule has 0 aliphatic carbocycles. The second-order valence-corrected chi connectivity index (χ2v) is 4.77. The van der Waals surface area contributed by atoms with Crippen LogP contribution in [0.5, 0.6) is 0 Å².